The Kier molecular flexibility index (Phi) is 7.59. The molecular formula is C24H26Cl2N4OS. The van der Waals surface area contributed by atoms with Crippen molar-refractivity contribution in [3.05, 3.63) is 77.3 Å². The second-order valence-corrected chi connectivity index (χ2v) is 9.94. The summed E-state index contributed by atoms with van der Waals surface area (Å²) in [7, 11) is 0. The van der Waals surface area contributed by atoms with Crippen LogP contribution in [-0.2, 0) is 12.0 Å². The molecule has 0 spiro atoms. The van der Waals surface area contributed by atoms with E-state index in [9.17, 15) is 4.79 Å². The van der Waals surface area contributed by atoms with E-state index in [-0.39, 0.29) is 23.7 Å². The van der Waals surface area contributed by atoms with Gasteiger partial charge in [0.05, 0.1) is 16.0 Å². The van der Waals surface area contributed by atoms with Gasteiger partial charge in [0.1, 0.15) is 5.52 Å². The highest BCUT2D eigenvalue weighted by Gasteiger charge is 2.22. The number of rotatable bonds is 6. The van der Waals surface area contributed by atoms with Gasteiger partial charge in [-0.25, -0.2) is 9.97 Å². The highest BCUT2D eigenvalue weighted by Crippen LogP contribution is 2.33. The van der Waals surface area contributed by atoms with E-state index in [1.807, 2.05) is 53.2 Å². The third-order valence-corrected chi connectivity index (χ3v) is 6.54. The van der Waals surface area contributed by atoms with Crippen molar-refractivity contribution in [1.82, 2.24) is 14.5 Å². The minimum Gasteiger partial charge on any atom is -0.337 e. The standard InChI is InChI=1S/C24H25ClN4OS.ClH/c1-24(2,3)18-10-8-17(9-11-18)22(30)29(14-5-13-28-15-12-26-16-28)23-27-21-19(25)6-4-7-20(21)31-23;/h4,6-12,15-16H,5,13-14H2,1-3H3;1H. The zero-order valence-corrected chi connectivity index (χ0v) is 20.7. The number of halogens is 2. The maximum Gasteiger partial charge on any atom is 0.260 e. The van der Waals surface area contributed by atoms with Gasteiger partial charge in [0.2, 0.25) is 0 Å². The Hall–Kier alpha value is -2.41. The van der Waals surface area contributed by atoms with Crippen LogP contribution in [0.4, 0.5) is 5.13 Å². The monoisotopic (exact) mass is 488 g/mol. The summed E-state index contributed by atoms with van der Waals surface area (Å²) in [4.78, 5) is 24.1. The average Bonchev–Trinajstić information content (AvgIpc) is 3.41. The summed E-state index contributed by atoms with van der Waals surface area (Å²) in [6.45, 7) is 7.82. The van der Waals surface area contributed by atoms with Gasteiger partial charge in [-0.1, -0.05) is 61.9 Å². The number of aromatic nitrogens is 3. The first-order valence-corrected chi connectivity index (χ1v) is 11.5. The van der Waals surface area contributed by atoms with Crippen LogP contribution in [0.25, 0.3) is 10.2 Å². The molecular weight excluding hydrogens is 463 g/mol. The quantitative estimate of drug-likeness (QED) is 0.307. The highest BCUT2D eigenvalue weighted by molar-refractivity contribution is 7.22. The molecule has 0 N–H and O–H groups in total. The van der Waals surface area contributed by atoms with Gasteiger partial charge in [-0.3, -0.25) is 9.69 Å². The topological polar surface area (TPSA) is 51.0 Å². The maximum absolute atomic E-state index is 13.5. The average molecular weight is 489 g/mol. The van der Waals surface area contributed by atoms with Crippen LogP contribution in [0.15, 0.2) is 61.2 Å². The highest BCUT2D eigenvalue weighted by atomic mass is 35.5. The Labute approximate surface area is 203 Å². The molecule has 4 rings (SSSR count). The lowest BCUT2D eigenvalue weighted by Crippen LogP contribution is -2.32. The number of carbonyl (C=O) groups excluding carboxylic acids is 1. The fraction of sp³-hybridized carbons (Fsp3) is 0.292. The smallest absolute Gasteiger partial charge is 0.260 e. The predicted octanol–water partition coefficient (Wildman–Crippen LogP) is 6.60. The molecule has 0 radical (unpaired) electrons. The molecule has 0 bridgehead atoms. The van der Waals surface area contributed by atoms with Crippen molar-refractivity contribution in [2.75, 3.05) is 11.4 Å². The molecule has 0 fully saturated rings. The number of hydrogen-bond donors (Lipinski definition) is 0. The van der Waals surface area contributed by atoms with E-state index < -0.39 is 0 Å². The molecule has 4 aromatic rings. The molecule has 5 nitrogen and oxygen atoms in total. The molecule has 2 aromatic heterocycles. The number of hydrogen-bond acceptors (Lipinski definition) is 4. The fourth-order valence-electron chi connectivity index (χ4n) is 3.40. The van der Waals surface area contributed by atoms with Crippen LogP contribution in [0.3, 0.4) is 0 Å². The fourth-order valence-corrected chi connectivity index (χ4v) is 4.69. The van der Waals surface area contributed by atoms with Gasteiger partial charge in [0, 0.05) is 31.0 Å². The first kappa shape index (κ1) is 24.2. The number of para-hydroxylation sites is 1. The largest absolute Gasteiger partial charge is 0.337 e. The Morgan fingerprint density at radius 3 is 2.53 bits per heavy atom. The number of amides is 1. The lowest BCUT2D eigenvalue weighted by molar-refractivity contribution is 0.0986. The van der Waals surface area contributed by atoms with E-state index in [1.54, 1.807) is 17.4 Å². The zero-order valence-electron chi connectivity index (χ0n) is 18.3. The van der Waals surface area contributed by atoms with E-state index in [0.717, 1.165) is 23.2 Å². The van der Waals surface area contributed by atoms with Crippen molar-refractivity contribution in [2.45, 2.75) is 39.2 Å². The molecule has 0 aliphatic rings. The number of benzene rings is 2. The molecule has 168 valence electrons. The van der Waals surface area contributed by atoms with Crippen molar-refractivity contribution in [3.8, 4) is 0 Å². The number of thiazole rings is 1. The van der Waals surface area contributed by atoms with Crippen molar-refractivity contribution < 1.29 is 4.79 Å². The van der Waals surface area contributed by atoms with Gasteiger partial charge in [-0.05, 0) is 41.7 Å². The molecule has 0 saturated carbocycles. The van der Waals surface area contributed by atoms with Gasteiger partial charge in [-0.15, -0.1) is 12.4 Å². The van der Waals surface area contributed by atoms with E-state index in [4.69, 9.17) is 16.6 Å². The van der Waals surface area contributed by atoms with Gasteiger partial charge >= 0.3 is 0 Å². The summed E-state index contributed by atoms with van der Waals surface area (Å²) in [5, 5.41) is 1.26. The van der Waals surface area contributed by atoms with Gasteiger partial charge in [0.25, 0.3) is 5.91 Å². The zero-order chi connectivity index (χ0) is 22.0. The van der Waals surface area contributed by atoms with E-state index in [1.165, 1.54) is 16.9 Å². The Morgan fingerprint density at radius 2 is 1.91 bits per heavy atom. The number of fused-ring (bicyclic) bond motifs is 1. The first-order chi connectivity index (χ1) is 14.8. The first-order valence-electron chi connectivity index (χ1n) is 10.3. The lowest BCUT2D eigenvalue weighted by atomic mass is 9.86. The van der Waals surface area contributed by atoms with Gasteiger partial charge < -0.3 is 4.57 Å². The van der Waals surface area contributed by atoms with Crippen LogP contribution in [0.1, 0.15) is 43.1 Å². The number of imidazole rings is 1. The van der Waals surface area contributed by atoms with Crippen molar-refractivity contribution >= 4 is 56.6 Å². The SMILES string of the molecule is CC(C)(C)c1ccc(C(=O)N(CCCn2ccnc2)c2nc3c(Cl)cccc3s2)cc1.Cl. The summed E-state index contributed by atoms with van der Waals surface area (Å²) in [5.41, 5.74) is 2.62. The van der Waals surface area contributed by atoms with E-state index in [0.29, 0.717) is 22.3 Å². The molecule has 8 heteroatoms. The third-order valence-electron chi connectivity index (χ3n) is 5.19. The molecule has 2 heterocycles. The minimum absolute atomic E-state index is 0. The molecule has 0 saturated heterocycles. The molecule has 0 aliphatic carbocycles. The Balaban J connectivity index is 0.00000289. The summed E-state index contributed by atoms with van der Waals surface area (Å²) in [6, 6.07) is 13.6. The van der Waals surface area contributed by atoms with Crippen LogP contribution in [0.2, 0.25) is 5.02 Å². The van der Waals surface area contributed by atoms with E-state index in [2.05, 4.69) is 25.8 Å². The summed E-state index contributed by atoms with van der Waals surface area (Å²) in [6.07, 6.45) is 6.25. The van der Waals surface area contributed by atoms with Crippen LogP contribution in [-0.4, -0.2) is 27.0 Å². The molecule has 32 heavy (non-hydrogen) atoms. The van der Waals surface area contributed by atoms with Crippen molar-refractivity contribution in [2.24, 2.45) is 0 Å². The van der Waals surface area contributed by atoms with Crippen molar-refractivity contribution in [3.63, 3.8) is 0 Å². The molecule has 1 amide bonds. The van der Waals surface area contributed by atoms with Gasteiger partial charge in [-0.2, -0.15) is 0 Å². The number of aryl methyl sites for hydroxylation is 1. The Bertz CT molecular complexity index is 1180. The minimum atomic E-state index is -0.0544. The molecule has 2 aromatic carbocycles. The van der Waals surface area contributed by atoms with Crippen LogP contribution < -0.4 is 4.90 Å². The Morgan fingerprint density at radius 1 is 1.16 bits per heavy atom. The van der Waals surface area contributed by atoms with Crippen LogP contribution >= 0.6 is 35.3 Å². The number of anilines is 1. The third kappa shape index (κ3) is 5.31. The van der Waals surface area contributed by atoms with E-state index >= 15 is 0 Å². The number of nitrogens with zero attached hydrogens (tertiary/aromatic N) is 4. The summed E-state index contributed by atoms with van der Waals surface area (Å²) < 4.78 is 2.98. The summed E-state index contributed by atoms with van der Waals surface area (Å²) >= 11 is 7.82. The predicted molar refractivity (Wildman–Crippen MR) is 136 cm³/mol. The molecule has 0 atom stereocenters. The normalized spacial score (nSPS) is 11.4. The lowest BCUT2D eigenvalue weighted by Gasteiger charge is -2.22. The van der Waals surface area contributed by atoms with Crippen molar-refractivity contribution in [1.29, 1.82) is 0 Å². The van der Waals surface area contributed by atoms with Crippen LogP contribution in [0.5, 0.6) is 0 Å². The van der Waals surface area contributed by atoms with Crippen LogP contribution in [0, 0.1) is 0 Å². The second-order valence-electron chi connectivity index (χ2n) is 8.52. The molecule has 0 aliphatic heterocycles. The van der Waals surface area contributed by atoms with Gasteiger partial charge in [0.15, 0.2) is 5.13 Å². The summed E-state index contributed by atoms with van der Waals surface area (Å²) in [5.74, 6) is -0.0544. The second kappa shape index (κ2) is 10.0. The molecule has 0 unspecified atom stereocenters. The number of carbonyl (C=O) groups is 1. The maximum atomic E-state index is 13.5.